The largest absolute Gasteiger partial charge is 0.385 e. The summed E-state index contributed by atoms with van der Waals surface area (Å²) >= 11 is 3.59. The van der Waals surface area contributed by atoms with Crippen LogP contribution in [-0.2, 0) is 17.7 Å². The van der Waals surface area contributed by atoms with Gasteiger partial charge in [0.25, 0.3) is 0 Å². The molecule has 2 N–H and O–H groups in total. The molecule has 1 heterocycles. The van der Waals surface area contributed by atoms with Gasteiger partial charge in [-0.2, -0.15) is 5.10 Å². The Labute approximate surface area is 112 Å². The van der Waals surface area contributed by atoms with Gasteiger partial charge >= 0.3 is 0 Å². The summed E-state index contributed by atoms with van der Waals surface area (Å²) in [5.74, 6) is 0. The van der Waals surface area contributed by atoms with Gasteiger partial charge in [0.1, 0.15) is 0 Å². The molecule has 98 valence electrons. The van der Waals surface area contributed by atoms with E-state index in [-0.39, 0.29) is 6.04 Å². The highest BCUT2D eigenvalue weighted by molar-refractivity contribution is 9.10. The van der Waals surface area contributed by atoms with Gasteiger partial charge in [-0.3, -0.25) is 4.68 Å². The van der Waals surface area contributed by atoms with Gasteiger partial charge in [0.15, 0.2) is 0 Å². The van der Waals surface area contributed by atoms with Gasteiger partial charge in [0.2, 0.25) is 0 Å². The Balaban J connectivity index is 2.60. The first-order valence-electron chi connectivity index (χ1n) is 6.06. The van der Waals surface area contributed by atoms with E-state index in [1.165, 1.54) is 5.69 Å². The zero-order valence-corrected chi connectivity index (χ0v) is 12.5. The predicted octanol–water partition coefficient (Wildman–Crippen LogP) is 2.27. The lowest BCUT2D eigenvalue weighted by molar-refractivity contribution is 0.190. The molecule has 0 spiro atoms. The van der Waals surface area contributed by atoms with Crippen LogP contribution in [0.5, 0.6) is 0 Å². The van der Waals surface area contributed by atoms with E-state index in [0.29, 0.717) is 0 Å². The summed E-state index contributed by atoms with van der Waals surface area (Å²) in [5, 5.41) is 4.47. The number of rotatable bonds is 7. The third kappa shape index (κ3) is 4.08. The molecule has 17 heavy (non-hydrogen) atoms. The molecule has 0 aliphatic heterocycles. The highest BCUT2D eigenvalue weighted by Crippen LogP contribution is 2.22. The Morgan fingerprint density at radius 1 is 1.53 bits per heavy atom. The number of methoxy groups -OCH3 is 1. The van der Waals surface area contributed by atoms with E-state index in [4.69, 9.17) is 10.5 Å². The van der Waals surface area contributed by atoms with Crippen LogP contribution in [0.4, 0.5) is 0 Å². The number of halogens is 1. The lowest BCUT2D eigenvalue weighted by Crippen LogP contribution is -2.25. The van der Waals surface area contributed by atoms with Gasteiger partial charge in [-0.1, -0.05) is 0 Å². The fourth-order valence-electron chi connectivity index (χ4n) is 1.90. The highest BCUT2D eigenvalue weighted by atomic mass is 79.9. The Bertz CT molecular complexity index is 352. The minimum Gasteiger partial charge on any atom is -0.385 e. The second-order valence-electron chi connectivity index (χ2n) is 4.26. The summed E-state index contributed by atoms with van der Waals surface area (Å²) in [6.07, 6.45) is 2.85. The molecule has 0 fully saturated rings. The summed E-state index contributed by atoms with van der Waals surface area (Å²) in [4.78, 5) is 0. The van der Waals surface area contributed by atoms with E-state index in [0.717, 1.165) is 42.6 Å². The fourth-order valence-corrected chi connectivity index (χ4v) is 2.35. The summed E-state index contributed by atoms with van der Waals surface area (Å²) in [5.41, 5.74) is 8.37. The van der Waals surface area contributed by atoms with Crippen LogP contribution in [0, 0.1) is 6.92 Å². The maximum atomic E-state index is 6.13. The summed E-state index contributed by atoms with van der Waals surface area (Å²) in [6.45, 7) is 5.77. The Morgan fingerprint density at radius 3 is 2.82 bits per heavy atom. The number of nitrogens with zero attached hydrogens (tertiary/aromatic N) is 2. The minimum absolute atomic E-state index is 0.169. The second kappa shape index (κ2) is 7.13. The van der Waals surface area contributed by atoms with Gasteiger partial charge < -0.3 is 10.5 Å². The van der Waals surface area contributed by atoms with E-state index in [2.05, 4.69) is 28.0 Å². The monoisotopic (exact) mass is 303 g/mol. The molecule has 0 amide bonds. The molecule has 1 aromatic heterocycles. The molecule has 1 atom stereocenters. The fraction of sp³-hybridized carbons (Fsp3) is 0.750. The van der Waals surface area contributed by atoms with E-state index < -0.39 is 0 Å². The topological polar surface area (TPSA) is 53.1 Å². The predicted molar refractivity (Wildman–Crippen MR) is 73.1 cm³/mol. The summed E-state index contributed by atoms with van der Waals surface area (Å²) < 4.78 is 8.15. The van der Waals surface area contributed by atoms with E-state index in [1.807, 2.05) is 11.6 Å². The van der Waals surface area contributed by atoms with Gasteiger partial charge in [-0.05, 0) is 42.6 Å². The molecule has 1 rings (SSSR count). The molecular weight excluding hydrogens is 282 g/mol. The van der Waals surface area contributed by atoms with Crippen LogP contribution in [0.3, 0.4) is 0 Å². The van der Waals surface area contributed by atoms with Crippen molar-refractivity contribution in [1.29, 1.82) is 0 Å². The first-order chi connectivity index (χ1) is 8.10. The van der Waals surface area contributed by atoms with Gasteiger partial charge in [-0.15, -0.1) is 0 Å². The van der Waals surface area contributed by atoms with Crippen molar-refractivity contribution in [3.05, 3.63) is 15.9 Å². The number of nitrogens with two attached hydrogens (primary N) is 1. The third-order valence-corrected chi connectivity index (χ3v) is 3.86. The highest BCUT2D eigenvalue weighted by Gasteiger charge is 2.15. The molecular formula is C12H22BrN3O. The molecule has 0 radical (unpaired) electrons. The van der Waals surface area contributed by atoms with Crippen molar-refractivity contribution in [3.8, 4) is 0 Å². The number of ether oxygens (including phenoxy) is 1. The molecule has 0 saturated heterocycles. The van der Waals surface area contributed by atoms with Crippen LogP contribution in [-0.4, -0.2) is 29.5 Å². The van der Waals surface area contributed by atoms with Crippen molar-refractivity contribution >= 4 is 15.9 Å². The van der Waals surface area contributed by atoms with Crippen LogP contribution < -0.4 is 5.73 Å². The maximum Gasteiger partial charge on any atom is 0.0738 e. The molecule has 5 heteroatoms. The van der Waals surface area contributed by atoms with E-state index in [1.54, 1.807) is 7.11 Å². The number of aryl methyl sites for hydroxylation is 2. The van der Waals surface area contributed by atoms with Crippen LogP contribution in [0.15, 0.2) is 4.47 Å². The van der Waals surface area contributed by atoms with Crippen LogP contribution in [0.1, 0.15) is 31.2 Å². The van der Waals surface area contributed by atoms with Crippen molar-refractivity contribution < 1.29 is 4.74 Å². The number of hydrogen-bond acceptors (Lipinski definition) is 3. The van der Waals surface area contributed by atoms with Gasteiger partial charge in [0.05, 0.1) is 15.9 Å². The normalized spacial score (nSPS) is 13.0. The molecule has 4 nitrogen and oxygen atoms in total. The molecule has 1 unspecified atom stereocenters. The van der Waals surface area contributed by atoms with Crippen molar-refractivity contribution in [3.63, 3.8) is 0 Å². The zero-order valence-electron chi connectivity index (χ0n) is 10.9. The smallest absolute Gasteiger partial charge is 0.0738 e. The van der Waals surface area contributed by atoms with Gasteiger partial charge in [0, 0.05) is 32.7 Å². The molecule has 0 aliphatic rings. The van der Waals surface area contributed by atoms with Crippen molar-refractivity contribution in [2.45, 2.75) is 45.7 Å². The first-order valence-corrected chi connectivity index (χ1v) is 6.85. The van der Waals surface area contributed by atoms with E-state index in [9.17, 15) is 0 Å². The number of hydrogen-bond donors (Lipinski definition) is 1. The van der Waals surface area contributed by atoms with E-state index >= 15 is 0 Å². The average molecular weight is 304 g/mol. The number of aromatic nitrogens is 2. The zero-order chi connectivity index (χ0) is 12.8. The van der Waals surface area contributed by atoms with Crippen LogP contribution >= 0.6 is 15.9 Å². The lowest BCUT2D eigenvalue weighted by Gasteiger charge is -2.12. The van der Waals surface area contributed by atoms with Crippen molar-refractivity contribution in [2.75, 3.05) is 13.7 Å². The Kier molecular flexibility index (Phi) is 6.16. The van der Waals surface area contributed by atoms with Crippen LogP contribution in [0.25, 0.3) is 0 Å². The quantitative estimate of drug-likeness (QED) is 0.786. The molecule has 0 saturated carbocycles. The molecule has 1 aromatic rings. The Morgan fingerprint density at radius 2 is 2.24 bits per heavy atom. The Hall–Kier alpha value is -0.390. The van der Waals surface area contributed by atoms with Gasteiger partial charge in [-0.25, -0.2) is 0 Å². The molecule has 0 aromatic carbocycles. The third-order valence-electron chi connectivity index (χ3n) is 2.83. The second-order valence-corrected chi connectivity index (χ2v) is 5.05. The lowest BCUT2D eigenvalue weighted by atomic mass is 10.1. The summed E-state index contributed by atoms with van der Waals surface area (Å²) in [7, 11) is 1.72. The van der Waals surface area contributed by atoms with Crippen molar-refractivity contribution in [1.82, 2.24) is 9.78 Å². The van der Waals surface area contributed by atoms with Crippen LogP contribution in [0.2, 0.25) is 0 Å². The molecule has 0 bridgehead atoms. The maximum absolute atomic E-state index is 6.13. The SMILES string of the molecule is CCn1nc(C)c(Br)c1CC(N)CCCOC. The standard InChI is InChI=1S/C12H22BrN3O/c1-4-16-11(12(13)9(2)15-16)8-10(14)6-5-7-17-3/h10H,4-8,14H2,1-3H3. The first kappa shape index (κ1) is 14.7. The summed E-state index contributed by atoms with van der Waals surface area (Å²) in [6, 6.07) is 0.169. The van der Waals surface area contributed by atoms with Crippen molar-refractivity contribution in [2.24, 2.45) is 5.73 Å². The average Bonchev–Trinajstić information content (AvgIpc) is 2.57. The minimum atomic E-state index is 0.169. The molecule has 0 aliphatic carbocycles.